The number of hydrogen-bond donors (Lipinski definition) is 2. The van der Waals surface area contributed by atoms with Crippen LogP contribution in [0.25, 0.3) is 0 Å². The first-order chi connectivity index (χ1) is 8.60. The van der Waals surface area contributed by atoms with Crippen molar-refractivity contribution in [3.05, 3.63) is 16.3 Å². The van der Waals surface area contributed by atoms with E-state index in [1.165, 1.54) is 11.3 Å². The molecule has 1 saturated carbocycles. The minimum Gasteiger partial charge on any atom is -0.496 e. The lowest BCUT2D eigenvalue weighted by Gasteiger charge is -2.11. The Kier molecular flexibility index (Phi) is 3.86. The quantitative estimate of drug-likeness (QED) is 0.873. The van der Waals surface area contributed by atoms with Crippen molar-refractivity contribution in [2.45, 2.75) is 25.3 Å². The normalized spacial score (nSPS) is 22.7. The van der Waals surface area contributed by atoms with Gasteiger partial charge >= 0.3 is 5.97 Å². The fraction of sp³-hybridized carbons (Fsp3) is 0.500. The van der Waals surface area contributed by atoms with E-state index in [0.29, 0.717) is 23.5 Å². The Morgan fingerprint density at radius 2 is 2.28 bits per heavy atom. The molecule has 0 radical (unpaired) electrons. The van der Waals surface area contributed by atoms with E-state index >= 15 is 0 Å². The number of thiophene rings is 1. The Hall–Kier alpha value is -1.56. The first-order valence-corrected chi connectivity index (χ1v) is 6.64. The number of ether oxygens (including phenoxy) is 1. The van der Waals surface area contributed by atoms with Crippen molar-refractivity contribution < 1.29 is 19.4 Å². The molecular formula is C12H15NO4S. The van der Waals surface area contributed by atoms with E-state index in [9.17, 15) is 9.59 Å². The van der Waals surface area contributed by atoms with Crippen LogP contribution in [0.4, 0.5) is 0 Å². The standard InChI is InChI=1S/C12H15NO4S/c1-17-9-5-10(18-6-9)11(14)13-8-3-2-7(4-8)12(15)16/h5-8H,2-4H2,1H3,(H,13,14)(H,15,16). The first-order valence-electron chi connectivity index (χ1n) is 5.76. The number of aliphatic carboxylic acids is 1. The van der Waals surface area contributed by atoms with Crippen molar-refractivity contribution in [1.82, 2.24) is 5.32 Å². The zero-order valence-corrected chi connectivity index (χ0v) is 10.8. The number of carboxylic acids is 1. The van der Waals surface area contributed by atoms with Crippen molar-refractivity contribution in [2.24, 2.45) is 5.92 Å². The zero-order valence-electron chi connectivity index (χ0n) is 10.0. The average Bonchev–Trinajstić information content (AvgIpc) is 2.96. The molecule has 6 heteroatoms. The van der Waals surface area contributed by atoms with Crippen LogP contribution in [-0.4, -0.2) is 30.1 Å². The molecule has 2 rings (SSSR count). The van der Waals surface area contributed by atoms with Gasteiger partial charge in [0.2, 0.25) is 0 Å². The Balaban J connectivity index is 1.90. The number of rotatable bonds is 4. The van der Waals surface area contributed by atoms with Crippen molar-refractivity contribution in [2.75, 3.05) is 7.11 Å². The van der Waals surface area contributed by atoms with E-state index in [2.05, 4.69) is 5.32 Å². The lowest BCUT2D eigenvalue weighted by atomic mass is 10.1. The van der Waals surface area contributed by atoms with Gasteiger partial charge < -0.3 is 15.2 Å². The highest BCUT2D eigenvalue weighted by Crippen LogP contribution is 2.27. The molecule has 2 N–H and O–H groups in total. The number of nitrogens with one attached hydrogen (secondary N) is 1. The lowest BCUT2D eigenvalue weighted by Crippen LogP contribution is -2.32. The highest BCUT2D eigenvalue weighted by atomic mass is 32.1. The molecule has 0 saturated heterocycles. The third-order valence-electron chi connectivity index (χ3n) is 3.15. The predicted octanol–water partition coefficient (Wildman–Crippen LogP) is 1.74. The molecule has 5 nitrogen and oxygen atoms in total. The van der Waals surface area contributed by atoms with Gasteiger partial charge in [-0.2, -0.15) is 0 Å². The maximum absolute atomic E-state index is 11.9. The number of amides is 1. The molecule has 1 aromatic rings. The molecule has 1 aliphatic rings. The van der Waals surface area contributed by atoms with E-state index in [1.807, 2.05) is 0 Å². The maximum atomic E-state index is 11.9. The van der Waals surface area contributed by atoms with Crippen LogP contribution in [0.1, 0.15) is 28.9 Å². The summed E-state index contributed by atoms with van der Waals surface area (Å²) in [5.74, 6) is -0.586. The number of methoxy groups -OCH3 is 1. The molecule has 1 heterocycles. The van der Waals surface area contributed by atoms with Gasteiger partial charge in [0.25, 0.3) is 5.91 Å². The van der Waals surface area contributed by atoms with Crippen LogP contribution in [0, 0.1) is 5.92 Å². The van der Waals surface area contributed by atoms with Crippen LogP contribution in [-0.2, 0) is 4.79 Å². The summed E-state index contributed by atoms with van der Waals surface area (Å²) in [6, 6.07) is 1.65. The summed E-state index contributed by atoms with van der Waals surface area (Å²) < 4.78 is 5.02. The van der Waals surface area contributed by atoms with Gasteiger partial charge in [0.1, 0.15) is 5.75 Å². The van der Waals surface area contributed by atoms with Gasteiger partial charge in [-0.25, -0.2) is 0 Å². The van der Waals surface area contributed by atoms with E-state index in [0.717, 1.165) is 6.42 Å². The molecule has 0 aliphatic heterocycles. The minimum absolute atomic E-state index is 0.0355. The van der Waals surface area contributed by atoms with Crippen LogP contribution in [0.3, 0.4) is 0 Å². The zero-order chi connectivity index (χ0) is 13.1. The second-order valence-electron chi connectivity index (χ2n) is 4.37. The van der Waals surface area contributed by atoms with Gasteiger partial charge in [-0.1, -0.05) is 0 Å². The molecule has 1 aliphatic carbocycles. The van der Waals surface area contributed by atoms with E-state index in [1.54, 1.807) is 18.6 Å². The molecule has 0 aromatic carbocycles. The predicted molar refractivity (Wildman–Crippen MR) is 67.1 cm³/mol. The average molecular weight is 269 g/mol. The summed E-state index contributed by atoms with van der Waals surface area (Å²) in [6.45, 7) is 0. The summed E-state index contributed by atoms with van der Waals surface area (Å²) in [7, 11) is 1.55. The van der Waals surface area contributed by atoms with Crippen molar-refractivity contribution in [1.29, 1.82) is 0 Å². The van der Waals surface area contributed by atoms with Gasteiger partial charge in [-0.05, 0) is 19.3 Å². The van der Waals surface area contributed by atoms with Crippen LogP contribution >= 0.6 is 11.3 Å². The number of carbonyl (C=O) groups excluding carboxylic acids is 1. The molecule has 0 bridgehead atoms. The van der Waals surface area contributed by atoms with Crippen molar-refractivity contribution >= 4 is 23.2 Å². The van der Waals surface area contributed by atoms with Gasteiger partial charge in [0.05, 0.1) is 17.9 Å². The largest absolute Gasteiger partial charge is 0.496 e. The second-order valence-corrected chi connectivity index (χ2v) is 5.28. The smallest absolute Gasteiger partial charge is 0.306 e. The van der Waals surface area contributed by atoms with Crippen LogP contribution in [0.15, 0.2) is 11.4 Å². The molecular weight excluding hydrogens is 254 g/mol. The maximum Gasteiger partial charge on any atom is 0.306 e. The van der Waals surface area contributed by atoms with Gasteiger partial charge in [-0.15, -0.1) is 11.3 Å². The molecule has 18 heavy (non-hydrogen) atoms. The highest BCUT2D eigenvalue weighted by Gasteiger charge is 2.30. The summed E-state index contributed by atoms with van der Waals surface area (Å²) in [5, 5.41) is 13.5. The summed E-state index contributed by atoms with van der Waals surface area (Å²) in [5.41, 5.74) is 0. The third-order valence-corrected chi connectivity index (χ3v) is 4.06. The molecule has 1 amide bonds. The topological polar surface area (TPSA) is 75.6 Å². The SMILES string of the molecule is COc1csc(C(=O)NC2CCC(C(=O)O)C2)c1. The highest BCUT2D eigenvalue weighted by molar-refractivity contribution is 7.12. The summed E-state index contributed by atoms with van der Waals surface area (Å²) in [4.78, 5) is 23.3. The van der Waals surface area contributed by atoms with Crippen LogP contribution in [0.2, 0.25) is 0 Å². The molecule has 2 atom stereocenters. The summed E-state index contributed by atoms with van der Waals surface area (Å²) >= 11 is 1.32. The monoisotopic (exact) mass is 269 g/mol. The molecule has 98 valence electrons. The van der Waals surface area contributed by atoms with Gasteiger partial charge in [0, 0.05) is 17.5 Å². The number of hydrogen-bond acceptors (Lipinski definition) is 4. The molecule has 1 aromatic heterocycles. The Bertz CT molecular complexity index is 457. The third kappa shape index (κ3) is 2.81. The Morgan fingerprint density at radius 3 is 2.83 bits per heavy atom. The first kappa shape index (κ1) is 12.9. The van der Waals surface area contributed by atoms with Gasteiger partial charge in [-0.3, -0.25) is 9.59 Å². The molecule has 0 spiro atoms. The van der Waals surface area contributed by atoms with E-state index in [4.69, 9.17) is 9.84 Å². The lowest BCUT2D eigenvalue weighted by molar-refractivity contribution is -0.141. The number of carboxylic acid groups (broad SMARTS) is 1. The Morgan fingerprint density at radius 1 is 1.50 bits per heavy atom. The van der Waals surface area contributed by atoms with Gasteiger partial charge in [0.15, 0.2) is 0 Å². The van der Waals surface area contributed by atoms with Crippen LogP contribution < -0.4 is 10.1 Å². The van der Waals surface area contributed by atoms with E-state index < -0.39 is 5.97 Å². The van der Waals surface area contributed by atoms with Crippen molar-refractivity contribution in [3.63, 3.8) is 0 Å². The number of carbonyl (C=O) groups is 2. The second kappa shape index (κ2) is 5.39. The fourth-order valence-electron chi connectivity index (χ4n) is 2.14. The Labute approximate surface area is 109 Å². The van der Waals surface area contributed by atoms with Crippen LogP contribution in [0.5, 0.6) is 5.75 Å². The van der Waals surface area contributed by atoms with E-state index in [-0.39, 0.29) is 17.9 Å². The molecule has 1 fully saturated rings. The van der Waals surface area contributed by atoms with Crippen molar-refractivity contribution in [3.8, 4) is 5.75 Å². The summed E-state index contributed by atoms with van der Waals surface area (Å²) in [6.07, 6.45) is 1.88. The minimum atomic E-state index is -0.774. The molecule has 2 unspecified atom stereocenters. The fourth-order valence-corrected chi connectivity index (χ4v) is 2.90.